The zero-order valence-corrected chi connectivity index (χ0v) is 17.8. The van der Waals surface area contributed by atoms with Crippen LogP contribution in [0, 0.1) is 0 Å². The third-order valence-electron chi connectivity index (χ3n) is 5.07. The van der Waals surface area contributed by atoms with Crippen molar-refractivity contribution in [2.75, 3.05) is 33.8 Å². The number of benzene rings is 2. The molecule has 0 radical (unpaired) electrons. The van der Waals surface area contributed by atoms with Gasteiger partial charge in [-0.1, -0.05) is 19.1 Å². The van der Waals surface area contributed by atoms with Gasteiger partial charge in [0.25, 0.3) is 5.56 Å². The highest BCUT2D eigenvalue weighted by Crippen LogP contribution is 2.20. The van der Waals surface area contributed by atoms with Crippen molar-refractivity contribution in [2.24, 2.45) is 0 Å². The highest BCUT2D eigenvalue weighted by molar-refractivity contribution is 5.77. The molecule has 3 aromatic rings. The van der Waals surface area contributed by atoms with Crippen LogP contribution in [0.1, 0.15) is 32.1 Å². The van der Waals surface area contributed by atoms with Gasteiger partial charge in [-0.3, -0.25) is 9.36 Å². The number of nitrogens with two attached hydrogens (primary N) is 1. The lowest BCUT2D eigenvalue weighted by Crippen LogP contribution is -3.09. The first-order chi connectivity index (χ1) is 14.0. The van der Waals surface area contributed by atoms with E-state index >= 15 is 0 Å². The van der Waals surface area contributed by atoms with E-state index in [4.69, 9.17) is 9.72 Å². The van der Waals surface area contributed by atoms with Crippen LogP contribution in [0.5, 0.6) is 5.75 Å². The lowest BCUT2D eigenvalue weighted by atomic mass is 10.1. The Morgan fingerprint density at radius 2 is 1.83 bits per heavy atom. The summed E-state index contributed by atoms with van der Waals surface area (Å²) in [6.07, 6.45) is 0.893. The SMILES string of the molecule is CCOc1ccc(-n2c([C@H](CC)[NH2+]CC[NH+](C)C)nc3ccccc3c2=O)cc1. The molecule has 6 nitrogen and oxygen atoms in total. The zero-order chi connectivity index (χ0) is 20.8. The van der Waals surface area contributed by atoms with Crippen LogP contribution in [0.3, 0.4) is 0 Å². The molecule has 1 atom stereocenters. The van der Waals surface area contributed by atoms with Crippen molar-refractivity contribution in [1.82, 2.24) is 9.55 Å². The van der Waals surface area contributed by atoms with E-state index in [9.17, 15) is 4.79 Å². The van der Waals surface area contributed by atoms with Crippen LogP contribution in [0.15, 0.2) is 53.3 Å². The first kappa shape index (κ1) is 21.0. The number of fused-ring (bicyclic) bond motifs is 1. The third-order valence-corrected chi connectivity index (χ3v) is 5.07. The van der Waals surface area contributed by atoms with Gasteiger partial charge in [0.2, 0.25) is 0 Å². The molecule has 0 unspecified atom stereocenters. The van der Waals surface area contributed by atoms with Gasteiger partial charge in [0, 0.05) is 6.42 Å². The van der Waals surface area contributed by atoms with Gasteiger partial charge < -0.3 is 15.0 Å². The molecule has 1 heterocycles. The maximum absolute atomic E-state index is 13.4. The molecule has 154 valence electrons. The molecule has 3 rings (SSSR count). The Hall–Kier alpha value is -2.70. The molecular weight excluding hydrogens is 364 g/mol. The van der Waals surface area contributed by atoms with Crippen molar-refractivity contribution in [1.29, 1.82) is 0 Å². The third kappa shape index (κ3) is 4.83. The van der Waals surface area contributed by atoms with Gasteiger partial charge in [0.15, 0.2) is 5.82 Å². The molecule has 3 N–H and O–H groups in total. The summed E-state index contributed by atoms with van der Waals surface area (Å²) in [5, 5.41) is 2.94. The van der Waals surface area contributed by atoms with Crippen LogP contribution in [-0.2, 0) is 0 Å². The molecule has 0 aliphatic carbocycles. The second kappa shape index (κ2) is 9.67. The normalized spacial score (nSPS) is 12.4. The van der Waals surface area contributed by atoms with Crippen molar-refractivity contribution in [3.63, 3.8) is 0 Å². The van der Waals surface area contributed by atoms with Gasteiger partial charge in [-0.25, -0.2) is 4.98 Å². The fourth-order valence-electron chi connectivity index (χ4n) is 3.53. The van der Waals surface area contributed by atoms with Gasteiger partial charge >= 0.3 is 0 Å². The summed E-state index contributed by atoms with van der Waals surface area (Å²) in [6.45, 7) is 6.75. The Kier molecular flexibility index (Phi) is 7.01. The smallest absolute Gasteiger partial charge is 0.266 e. The molecule has 0 aliphatic rings. The van der Waals surface area contributed by atoms with E-state index in [1.54, 1.807) is 4.57 Å². The first-order valence-electron chi connectivity index (χ1n) is 10.4. The first-order valence-corrected chi connectivity index (χ1v) is 10.4. The number of aromatic nitrogens is 2. The zero-order valence-electron chi connectivity index (χ0n) is 17.8. The molecule has 0 amide bonds. The number of likely N-dealkylation sites (N-methyl/N-ethyl adjacent to an activating group) is 1. The van der Waals surface area contributed by atoms with Crippen LogP contribution in [0.2, 0.25) is 0 Å². The van der Waals surface area contributed by atoms with Crippen molar-refractivity contribution < 1.29 is 15.0 Å². The molecule has 2 aromatic carbocycles. The highest BCUT2D eigenvalue weighted by Gasteiger charge is 2.22. The Bertz CT molecular complexity index is 996. The van der Waals surface area contributed by atoms with E-state index in [0.717, 1.165) is 42.3 Å². The monoisotopic (exact) mass is 396 g/mol. The molecule has 0 bridgehead atoms. The minimum atomic E-state index is -0.0279. The van der Waals surface area contributed by atoms with Crippen LogP contribution in [-0.4, -0.2) is 43.3 Å². The van der Waals surface area contributed by atoms with Crippen molar-refractivity contribution in [3.8, 4) is 11.4 Å². The predicted octanol–water partition coefficient (Wildman–Crippen LogP) is 0.943. The summed E-state index contributed by atoms with van der Waals surface area (Å²) in [5.41, 5.74) is 1.54. The fourth-order valence-corrected chi connectivity index (χ4v) is 3.53. The van der Waals surface area contributed by atoms with E-state index in [1.807, 2.05) is 55.5 Å². The summed E-state index contributed by atoms with van der Waals surface area (Å²) in [6, 6.07) is 15.4. The van der Waals surface area contributed by atoms with Crippen LogP contribution >= 0.6 is 0 Å². The molecule has 0 saturated carbocycles. The number of quaternary nitrogens is 2. The topological polar surface area (TPSA) is 65.2 Å². The van der Waals surface area contributed by atoms with Crippen molar-refractivity contribution >= 4 is 10.9 Å². The minimum absolute atomic E-state index is 0.0279. The number of hydrogen-bond donors (Lipinski definition) is 2. The number of hydrogen-bond acceptors (Lipinski definition) is 3. The Balaban J connectivity index is 2.11. The van der Waals surface area contributed by atoms with E-state index < -0.39 is 0 Å². The number of ether oxygens (including phenoxy) is 1. The van der Waals surface area contributed by atoms with E-state index in [-0.39, 0.29) is 11.6 Å². The minimum Gasteiger partial charge on any atom is -0.494 e. The molecule has 0 spiro atoms. The van der Waals surface area contributed by atoms with E-state index in [2.05, 4.69) is 26.3 Å². The van der Waals surface area contributed by atoms with E-state index in [0.29, 0.717) is 12.0 Å². The summed E-state index contributed by atoms with van der Waals surface area (Å²) < 4.78 is 7.33. The Morgan fingerprint density at radius 1 is 1.10 bits per heavy atom. The summed E-state index contributed by atoms with van der Waals surface area (Å²) >= 11 is 0. The number of rotatable bonds is 9. The molecule has 6 heteroatoms. The molecule has 1 aromatic heterocycles. The Labute approximate surface area is 172 Å². The van der Waals surface area contributed by atoms with Crippen LogP contribution in [0.25, 0.3) is 16.6 Å². The lowest BCUT2D eigenvalue weighted by molar-refractivity contribution is -0.877. The highest BCUT2D eigenvalue weighted by atomic mass is 16.5. The van der Waals surface area contributed by atoms with Gasteiger partial charge in [-0.15, -0.1) is 0 Å². The van der Waals surface area contributed by atoms with Gasteiger partial charge in [-0.2, -0.15) is 0 Å². The quantitative estimate of drug-likeness (QED) is 0.566. The predicted molar refractivity (Wildman–Crippen MR) is 116 cm³/mol. The lowest BCUT2D eigenvalue weighted by Gasteiger charge is -2.20. The van der Waals surface area contributed by atoms with Gasteiger partial charge in [0.1, 0.15) is 24.9 Å². The standard InChI is InChI=1S/C23H30N4O2/c1-5-20(24-15-16-26(3)4)22-25-21-10-8-7-9-19(21)23(28)27(22)17-11-13-18(14-12-17)29-6-2/h7-14,20,24H,5-6,15-16H2,1-4H3/p+2/t20-/m0/s1. The summed E-state index contributed by atoms with van der Waals surface area (Å²) in [4.78, 5) is 19.8. The van der Waals surface area contributed by atoms with Crippen LogP contribution < -0.4 is 20.5 Å². The molecule has 0 saturated heterocycles. The average molecular weight is 397 g/mol. The maximum Gasteiger partial charge on any atom is 0.266 e. The number of nitrogens with one attached hydrogen (secondary N) is 1. The molecule has 0 aliphatic heterocycles. The summed E-state index contributed by atoms with van der Waals surface area (Å²) in [7, 11) is 4.30. The van der Waals surface area contributed by atoms with E-state index in [1.165, 1.54) is 4.90 Å². The maximum atomic E-state index is 13.4. The number of para-hydroxylation sites is 1. The summed E-state index contributed by atoms with van der Waals surface area (Å²) in [5.74, 6) is 1.60. The Morgan fingerprint density at radius 3 is 2.48 bits per heavy atom. The fraction of sp³-hybridized carbons (Fsp3) is 0.391. The largest absolute Gasteiger partial charge is 0.494 e. The second-order valence-electron chi connectivity index (χ2n) is 7.55. The van der Waals surface area contributed by atoms with Gasteiger partial charge in [0.05, 0.1) is 37.3 Å². The molecule has 29 heavy (non-hydrogen) atoms. The van der Waals surface area contributed by atoms with Crippen molar-refractivity contribution in [2.45, 2.75) is 26.3 Å². The molecule has 0 fully saturated rings. The second-order valence-corrected chi connectivity index (χ2v) is 7.55. The van der Waals surface area contributed by atoms with Gasteiger partial charge in [-0.05, 0) is 43.3 Å². The number of nitrogens with zero attached hydrogens (tertiary/aromatic N) is 2. The molecular formula is C23H32N4O2+2. The average Bonchev–Trinajstić information content (AvgIpc) is 2.72. The van der Waals surface area contributed by atoms with Crippen LogP contribution in [0.4, 0.5) is 0 Å². The van der Waals surface area contributed by atoms with Crippen molar-refractivity contribution in [3.05, 3.63) is 64.7 Å².